The highest BCUT2D eigenvalue weighted by Gasteiger charge is 1.99. The quantitative estimate of drug-likeness (QED) is 0.745. The van der Waals surface area contributed by atoms with Crippen molar-refractivity contribution < 1.29 is 4.74 Å². The molecule has 0 unspecified atom stereocenters. The number of ether oxygens (including phenoxy) is 1. The minimum Gasteiger partial charge on any atom is -0.479 e. The Morgan fingerprint density at radius 2 is 2.12 bits per heavy atom. The molecule has 1 heterocycles. The molecule has 0 aliphatic carbocycles. The summed E-state index contributed by atoms with van der Waals surface area (Å²) < 4.78 is 5.10. The predicted molar refractivity (Wildman–Crippen MR) is 65.4 cm³/mol. The Morgan fingerprint density at radius 3 is 2.81 bits per heavy atom. The molecule has 0 aliphatic heterocycles. The van der Waals surface area contributed by atoms with Gasteiger partial charge in [-0.1, -0.05) is 19.9 Å². The summed E-state index contributed by atoms with van der Waals surface area (Å²) in [7, 11) is 1.60. The fraction of sp³-hybridized carbons (Fsp3) is 0.500. The van der Waals surface area contributed by atoms with Crippen molar-refractivity contribution in [3.05, 3.63) is 24.2 Å². The van der Waals surface area contributed by atoms with Gasteiger partial charge in [0.1, 0.15) is 5.69 Å². The van der Waals surface area contributed by atoms with Crippen molar-refractivity contribution in [1.82, 2.24) is 15.3 Å². The fourth-order valence-electron chi connectivity index (χ4n) is 1.26. The highest BCUT2D eigenvalue weighted by Crippen LogP contribution is 2.11. The highest BCUT2D eigenvalue weighted by molar-refractivity contribution is 5.49. The molecule has 0 amide bonds. The molecule has 1 aromatic rings. The van der Waals surface area contributed by atoms with Crippen LogP contribution in [0.15, 0.2) is 18.5 Å². The first-order valence-electron chi connectivity index (χ1n) is 5.49. The molecule has 0 aliphatic rings. The van der Waals surface area contributed by atoms with Gasteiger partial charge in [-0.25, -0.2) is 9.97 Å². The molecular weight excluding hydrogens is 202 g/mol. The van der Waals surface area contributed by atoms with Crippen LogP contribution in [0.4, 0.5) is 0 Å². The number of hydrogen-bond donors (Lipinski definition) is 1. The summed E-state index contributed by atoms with van der Waals surface area (Å²) in [6, 6.07) is 0.527. The fourth-order valence-corrected chi connectivity index (χ4v) is 1.26. The smallest absolute Gasteiger partial charge is 0.239 e. The van der Waals surface area contributed by atoms with Crippen LogP contribution in [0, 0.1) is 0 Å². The molecule has 0 spiro atoms. The summed E-state index contributed by atoms with van der Waals surface area (Å²) in [6.07, 6.45) is 8.26. The number of nitrogens with zero attached hydrogens (tertiary/aromatic N) is 2. The van der Waals surface area contributed by atoms with E-state index in [1.165, 1.54) is 0 Å². The van der Waals surface area contributed by atoms with Crippen LogP contribution in [0.2, 0.25) is 0 Å². The van der Waals surface area contributed by atoms with Gasteiger partial charge in [0, 0.05) is 18.4 Å². The second kappa shape index (κ2) is 6.95. The SMILES string of the molecule is COc1nccnc1/C=C/CCNC(C)C. The van der Waals surface area contributed by atoms with Gasteiger partial charge in [0.2, 0.25) is 5.88 Å². The number of methoxy groups -OCH3 is 1. The van der Waals surface area contributed by atoms with Crippen LogP contribution in [-0.4, -0.2) is 29.7 Å². The van der Waals surface area contributed by atoms with Crippen molar-refractivity contribution >= 4 is 6.08 Å². The second-order valence-corrected chi connectivity index (χ2v) is 3.75. The standard InChI is InChI=1S/C12H19N3O/c1-10(2)13-7-5-4-6-11-12(16-3)15-9-8-14-11/h4,6,8-10,13H,5,7H2,1-3H3/b6-4+. The predicted octanol–water partition coefficient (Wildman–Crippen LogP) is 1.89. The Morgan fingerprint density at radius 1 is 1.38 bits per heavy atom. The van der Waals surface area contributed by atoms with E-state index in [1.807, 2.05) is 6.08 Å². The van der Waals surface area contributed by atoms with Gasteiger partial charge in [-0.3, -0.25) is 0 Å². The summed E-state index contributed by atoms with van der Waals surface area (Å²) >= 11 is 0. The van der Waals surface area contributed by atoms with Gasteiger partial charge in [0.05, 0.1) is 7.11 Å². The lowest BCUT2D eigenvalue weighted by Crippen LogP contribution is -2.23. The van der Waals surface area contributed by atoms with Crippen LogP contribution in [0.3, 0.4) is 0 Å². The van der Waals surface area contributed by atoms with Crippen molar-refractivity contribution in [2.24, 2.45) is 0 Å². The summed E-state index contributed by atoms with van der Waals surface area (Å²) in [6.45, 7) is 5.24. The van der Waals surface area contributed by atoms with Crippen LogP contribution >= 0.6 is 0 Å². The van der Waals surface area contributed by atoms with Gasteiger partial charge in [-0.15, -0.1) is 0 Å². The molecule has 1 N–H and O–H groups in total. The van der Waals surface area contributed by atoms with Gasteiger partial charge in [0.15, 0.2) is 0 Å². The van der Waals surface area contributed by atoms with Crippen molar-refractivity contribution in [3.63, 3.8) is 0 Å². The Bertz CT molecular complexity index is 337. The minimum atomic E-state index is 0.527. The number of nitrogens with one attached hydrogen (secondary N) is 1. The van der Waals surface area contributed by atoms with E-state index in [-0.39, 0.29) is 0 Å². The monoisotopic (exact) mass is 221 g/mol. The topological polar surface area (TPSA) is 47.0 Å². The molecule has 1 aromatic heterocycles. The maximum absolute atomic E-state index is 5.10. The molecule has 0 fully saturated rings. The van der Waals surface area contributed by atoms with E-state index in [0.29, 0.717) is 11.9 Å². The van der Waals surface area contributed by atoms with E-state index in [9.17, 15) is 0 Å². The molecule has 4 heteroatoms. The van der Waals surface area contributed by atoms with Gasteiger partial charge in [-0.2, -0.15) is 0 Å². The average Bonchev–Trinajstić information content (AvgIpc) is 2.29. The zero-order valence-corrected chi connectivity index (χ0v) is 10.1. The van der Waals surface area contributed by atoms with Gasteiger partial charge in [-0.05, 0) is 19.0 Å². The van der Waals surface area contributed by atoms with Crippen molar-refractivity contribution in [2.45, 2.75) is 26.3 Å². The highest BCUT2D eigenvalue weighted by atomic mass is 16.5. The molecule has 1 rings (SSSR count). The largest absolute Gasteiger partial charge is 0.479 e. The van der Waals surface area contributed by atoms with Crippen LogP contribution in [0.1, 0.15) is 26.0 Å². The second-order valence-electron chi connectivity index (χ2n) is 3.75. The molecular formula is C12H19N3O. The third-order valence-corrected chi connectivity index (χ3v) is 2.02. The van der Waals surface area contributed by atoms with Crippen LogP contribution < -0.4 is 10.1 Å². The van der Waals surface area contributed by atoms with Gasteiger partial charge in [0.25, 0.3) is 0 Å². The average molecular weight is 221 g/mol. The number of aromatic nitrogens is 2. The first-order valence-corrected chi connectivity index (χ1v) is 5.49. The van der Waals surface area contributed by atoms with E-state index < -0.39 is 0 Å². The molecule has 0 radical (unpaired) electrons. The molecule has 0 atom stereocenters. The molecule has 0 saturated heterocycles. The lowest BCUT2D eigenvalue weighted by Gasteiger charge is -2.05. The van der Waals surface area contributed by atoms with Crippen molar-refractivity contribution in [3.8, 4) is 5.88 Å². The van der Waals surface area contributed by atoms with Crippen molar-refractivity contribution in [1.29, 1.82) is 0 Å². The summed E-state index contributed by atoms with van der Waals surface area (Å²) in [5.74, 6) is 0.565. The van der Waals surface area contributed by atoms with Crippen molar-refractivity contribution in [2.75, 3.05) is 13.7 Å². The number of rotatable bonds is 6. The lowest BCUT2D eigenvalue weighted by atomic mass is 10.3. The van der Waals surface area contributed by atoms with E-state index in [1.54, 1.807) is 19.5 Å². The Kier molecular flexibility index (Phi) is 5.50. The van der Waals surface area contributed by atoms with E-state index in [2.05, 4.69) is 35.2 Å². The zero-order chi connectivity index (χ0) is 11.8. The third kappa shape index (κ3) is 4.40. The van der Waals surface area contributed by atoms with E-state index in [0.717, 1.165) is 18.7 Å². The Hall–Kier alpha value is -1.42. The van der Waals surface area contributed by atoms with Crippen LogP contribution in [0.25, 0.3) is 6.08 Å². The zero-order valence-electron chi connectivity index (χ0n) is 10.1. The summed E-state index contributed by atoms with van der Waals surface area (Å²) in [5, 5.41) is 3.34. The van der Waals surface area contributed by atoms with Crippen LogP contribution in [0.5, 0.6) is 5.88 Å². The minimum absolute atomic E-state index is 0.527. The molecule has 16 heavy (non-hydrogen) atoms. The van der Waals surface area contributed by atoms with Gasteiger partial charge < -0.3 is 10.1 Å². The van der Waals surface area contributed by atoms with E-state index in [4.69, 9.17) is 4.74 Å². The molecule has 4 nitrogen and oxygen atoms in total. The lowest BCUT2D eigenvalue weighted by molar-refractivity contribution is 0.394. The summed E-state index contributed by atoms with van der Waals surface area (Å²) in [4.78, 5) is 8.26. The molecule has 0 bridgehead atoms. The molecule has 0 aromatic carbocycles. The Balaban J connectivity index is 2.43. The molecule has 0 saturated carbocycles. The normalized spacial score (nSPS) is 11.2. The Labute approximate surface area is 96.8 Å². The maximum Gasteiger partial charge on any atom is 0.239 e. The van der Waals surface area contributed by atoms with E-state index >= 15 is 0 Å². The maximum atomic E-state index is 5.10. The first-order chi connectivity index (χ1) is 7.74. The third-order valence-electron chi connectivity index (χ3n) is 2.02. The summed E-state index contributed by atoms with van der Waals surface area (Å²) in [5.41, 5.74) is 0.773. The first kappa shape index (κ1) is 12.6. The molecule has 88 valence electrons. The number of hydrogen-bond acceptors (Lipinski definition) is 4. The van der Waals surface area contributed by atoms with Crippen LogP contribution in [-0.2, 0) is 0 Å². The van der Waals surface area contributed by atoms with Gasteiger partial charge >= 0.3 is 0 Å².